The highest BCUT2D eigenvalue weighted by Crippen LogP contribution is 2.27. The molecule has 0 spiro atoms. The van der Waals surface area contributed by atoms with Gasteiger partial charge in [0.25, 0.3) is 0 Å². The van der Waals surface area contributed by atoms with Crippen LogP contribution in [0.25, 0.3) is 0 Å². The van der Waals surface area contributed by atoms with E-state index in [9.17, 15) is 0 Å². The molecule has 1 aliphatic rings. The second-order valence-electron chi connectivity index (χ2n) is 2.66. The van der Waals surface area contributed by atoms with Crippen LogP contribution in [-0.2, 0) is 0 Å². The molecule has 0 aliphatic carbocycles. The van der Waals surface area contributed by atoms with Gasteiger partial charge in [0.1, 0.15) is 0 Å². The Morgan fingerprint density at radius 2 is 2.08 bits per heavy atom. The van der Waals surface area contributed by atoms with Crippen molar-refractivity contribution >= 4 is 28.9 Å². The summed E-state index contributed by atoms with van der Waals surface area (Å²) in [5.74, 6) is 1.06. The summed E-state index contributed by atoms with van der Waals surface area (Å²) in [6, 6.07) is 8.24. The predicted molar refractivity (Wildman–Crippen MR) is 55.1 cm³/mol. The van der Waals surface area contributed by atoms with E-state index in [2.05, 4.69) is 4.99 Å². The minimum atomic E-state index is 0.340. The minimum Gasteiger partial charge on any atom is -0.277 e. The molecule has 0 N–H and O–H groups in total. The van der Waals surface area contributed by atoms with E-state index >= 15 is 0 Å². The lowest BCUT2D eigenvalue weighted by atomic mass is 10.1. The lowest BCUT2D eigenvalue weighted by Gasteiger charge is -2.05. The largest absolute Gasteiger partial charge is 0.277 e. The van der Waals surface area contributed by atoms with Crippen molar-refractivity contribution in [2.75, 3.05) is 5.75 Å². The molecule has 1 aromatic carbocycles. The lowest BCUT2D eigenvalue weighted by molar-refractivity contribution is 0.852. The second-order valence-corrected chi connectivity index (χ2v) is 3.97. The van der Waals surface area contributed by atoms with E-state index < -0.39 is 0 Å². The number of benzene rings is 1. The van der Waals surface area contributed by atoms with Crippen molar-refractivity contribution in [1.29, 1.82) is 0 Å². The van der Waals surface area contributed by atoms with Crippen LogP contribution in [0, 0.1) is 0 Å². The number of thioether (sulfide) groups is 1. The molecule has 12 heavy (non-hydrogen) atoms. The first-order chi connectivity index (χ1) is 5.86. The van der Waals surface area contributed by atoms with E-state index in [1.165, 1.54) is 5.56 Å². The van der Waals surface area contributed by atoms with Crippen molar-refractivity contribution in [3.63, 3.8) is 0 Å². The van der Waals surface area contributed by atoms with Crippen molar-refractivity contribution < 1.29 is 0 Å². The van der Waals surface area contributed by atoms with Gasteiger partial charge in [-0.25, -0.2) is 0 Å². The van der Waals surface area contributed by atoms with Gasteiger partial charge in [0.05, 0.1) is 11.6 Å². The fraction of sp³-hybridized carbons (Fsp3) is 0.222. The second kappa shape index (κ2) is 3.50. The zero-order chi connectivity index (χ0) is 8.39. The van der Waals surface area contributed by atoms with Crippen LogP contribution in [0.5, 0.6) is 0 Å². The zero-order valence-electron chi connectivity index (χ0n) is 6.40. The summed E-state index contributed by atoms with van der Waals surface area (Å²) in [5.41, 5.74) is 3.17. The molecule has 0 saturated heterocycles. The van der Waals surface area contributed by atoms with E-state index in [-0.39, 0.29) is 0 Å². The maximum absolute atomic E-state index is 5.77. The predicted octanol–water partition coefficient (Wildman–Crippen LogP) is 3.16. The molecule has 1 aromatic rings. The van der Waals surface area contributed by atoms with E-state index in [1.54, 1.807) is 11.8 Å². The normalized spacial score (nSPS) is 21.6. The zero-order valence-corrected chi connectivity index (χ0v) is 7.98. The standard InChI is InChI=1S/C9H8ClNS/c10-8-3-1-7(2-4-8)9-5-12-6-11-9/h1-4,6,9H,5H2. The van der Waals surface area contributed by atoms with Gasteiger partial charge in [0.2, 0.25) is 0 Å². The first kappa shape index (κ1) is 8.14. The third-order valence-electron chi connectivity index (χ3n) is 1.82. The summed E-state index contributed by atoms with van der Waals surface area (Å²) in [5, 5.41) is 0.786. The Hall–Kier alpha value is -0.470. The van der Waals surface area contributed by atoms with Crippen LogP contribution in [0.3, 0.4) is 0 Å². The number of hydrogen-bond acceptors (Lipinski definition) is 2. The highest BCUT2D eigenvalue weighted by Gasteiger charge is 2.12. The Morgan fingerprint density at radius 3 is 2.67 bits per heavy atom. The highest BCUT2D eigenvalue weighted by atomic mass is 35.5. The van der Waals surface area contributed by atoms with Crippen molar-refractivity contribution in [2.45, 2.75) is 6.04 Å². The van der Waals surface area contributed by atoms with Crippen LogP contribution < -0.4 is 0 Å². The van der Waals surface area contributed by atoms with Gasteiger partial charge in [-0.3, -0.25) is 4.99 Å². The van der Waals surface area contributed by atoms with Gasteiger partial charge in [-0.05, 0) is 17.7 Å². The number of rotatable bonds is 1. The first-order valence-electron chi connectivity index (χ1n) is 3.75. The van der Waals surface area contributed by atoms with E-state index in [1.807, 2.05) is 29.8 Å². The topological polar surface area (TPSA) is 12.4 Å². The average molecular weight is 198 g/mol. The van der Waals surface area contributed by atoms with Crippen LogP contribution in [0.4, 0.5) is 0 Å². The van der Waals surface area contributed by atoms with Gasteiger partial charge in [0, 0.05) is 10.8 Å². The molecule has 1 unspecified atom stereocenters. The van der Waals surface area contributed by atoms with Crippen LogP contribution in [0.15, 0.2) is 29.3 Å². The first-order valence-corrected chi connectivity index (χ1v) is 5.17. The average Bonchev–Trinajstić information content (AvgIpc) is 2.58. The molecule has 1 nitrogen and oxygen atoms in total. The Balaban J connectivity index is 2.23. The summed E-state index contributed by atoms with van der Waals surface area (Å²) >= 11 is 7.53. The Morgan fingerprint density at radius 1 is 1.33 bits per heavy atom. The monoisotopic (exact) mass is 197 g/mol. The molecule has 0 saturated carbocycles. The van der Waals surface area contributed by atoms with Crippen molar-refractivity contribution in [1.82, 2.24) is 0 Å². The molecule has 0 aromatic heterocycles. The number of hydrogen-bond donors (Lipinski definition) is 0. The Kier molecular flexibility index (Phi) is 2.38. The number of halogens is 1. The summed E-state index contributed by atoms with van der Waals surface area (Å²) < 4.78 is 0. The van der Waals surface area contributed by atoms with Gasteiger partial charge in [0.15, 0.2) is 0 Å². The Labute approximate surface area is 80.8 Å². The molecule has 3 heteroatoms. The quantitative estimate of drug-likeness (QED) is 0.674. The third-order valence-corrected chi connectivity index (χ3v) is 2.86. The Bertz CT molecular complexity index is 294. The summed E-state index contributed by atoms with van der Waals surface area (Å²) in [7, 11) is 0. The SMILES string of the molecule is Clc1ccc(C2CSC=N2)cc1. The van der Waals surface area contributed by atoms with Gasteiger partial charge in [-0.1, -0.05) is 23.7 Å². The summed E-state index contributed by atoms with van der Waals surface area (Å²) in [6.45, 7) is 0. The van der Waals surface area contributed by atoms with Crippen LogP contribution in [0.1, 0.15) is 11.6 Å². The molecule has 2 rings (SSSR count). The molecular weight excluding hydrogens is 190 g/mol. The fourth-order valence-corrected chi connectivity index (χ4v) is 2.07. The molecule has 0 radical (unpaired) electrons. The van der Waals surface area contributed by atoms with E-state index in [4.69, 9.17) is 11.6 Å². The number of nitrogens with zero attached hydrogens (tertiary/aromatic N) is 1. The molecule has 62 valence electrons. The van der Waals surface area contributed by atoms with Crippen molar-refractivity contribution in [3.8, 4) is 0 Å². The van der Waals surface area contributed by atoms with Gasteiger partial charge in [-0.2, -0.15) is 0 Å². The van der Waals surface area contributed by atoms with E-state index in [0.29, 0.717) is 6.04 Å². The maximum Gasteiger partial charge on any atom is 0.0849 e. The van der Waals surface area contributed by atoms with Crippen LogP contribution in [0.2, 0.25) is 5.02 Å². The van der Waals surface area contributed by atoms with Gasteiger partial charge in [-0.15, -0.1) is 11.8 Å². The molecular formula is C9H8ClNS. The minimum absolute atomic E-state index is 0.340. The summed E-state index contributed by atoms with van der Waals surface area (Å²) in [4.78, 5) is 4.33. The van der Waals surface area contributed by atoms with Crippen LogP contribution in [-0.4, -0.2) is 11.3 Å². The molecule has 0 bridgehead atoms. The molecule has 1 aliphatic heterocycles. The summed E-state index contributed by atoms with van der Waals surface area (Å²) in [6.07, 6.45) is 0. The highest BCUT2D eigenvalue weighted by molar-refractivity contribution is 8.12. The molecule has 0 fully saturated rings. The van der Waals surface area contributed by atoms with Gasteiger partial charge < -0.3 is 0 Å². The number of aliphatic imine (C=N–C) groups is 1. The van der Waals surface area contributed by atoms with Crippen LogP contribution >= 0.6 is 23.4 Å². The molecule has 0 amide bonds. The molecule has 1 atom stereocenters. The van der Waals surface area contributed by atoms with Crippen molar-refractivity contribution in [2.24, 2.45) is 4.99 Å². The van der Waals surface area contributed by atoms with E-state index in [0.717, 1.165) is 10.8 Å². The fourth-order valence-electron chi connectivity index (χ4n) is 1.16. The maximum atomic E-state index is 5.77. The van der Waals surface area contributed by atoms with Crippen molar-refractivity contribution in [3.05, 3.63) is 34.9 Å². The molecule has 1 heterocycles. The smallest absolute Gasteiger partial charge is 0.0849 e. The lowest BCUT2D eigenvalue weighted by Crippen LogP contribution is -1.92. The third kappa shape index (κ3) is 1.65. The van der Waals surface area contributed by atoms with Gasteiger partial charge >= 0.3 is 0 Å².